The van der Waals surface area contributed by atoms with E-state index in [0.29, 0.717) is 24.6 Å². The highest BCUT2D eigenvalue weighted by molar-refractivity contribution is 7.89. The van der Waals surface area contributed by atoms with Gasteiger partial charge in [-0.25, -0.2) is 27.6 Å². The summed E-state index contributed by atoms with van der Waals surface area (Å²) in [5.74, 6) is 1.35. The zero-order valence-corrected chi connectivity index (χ0v) is 18.6. The number of primary sulfonamides is 1. The van der Waals surface area contributed by atoms with Gasteiger partial charge in [0, 0.05) is 19.5 Å². The lowest BCUT2D eigenvalue weighted by atomic mass is 9.96. The smallest absolute Gasteiger partial charge is 0.238 e. The van der Waals surface area contributed by atoms with Crippen LogP contribution < -0.4 is 5.14 Å². The molecule has 2 aliphatic rings. The fourth-order valence-corrected chi connectivity index (χ4v) is 4.41. The van der Waals surface area contributed by atoms with Gasteiger partial charge in [-0.15, -0.1) is 5.10 Å². The van der Waals surface area contributed by atoms with Crippen LogP contribution >= 0.6 is 0 Å². The Balaban J connectivity index is 1.68. The lowest BCUT2D eigenvalue weighted by Crippen LogP contribution is -2.27. The molecule has 2 N–H and O–H groups in total. The predicted octanol–water partition coefficient (Wildman–Crippen LogP) is 2.46. The van der Waals surface area contributed by atoms with Crippen LogP contribution in [0.15, 0.2) is 59.2 Å². The lowest BCUT2D eigenvalue weighted by molar-refractivity contribution is 0.283. The number of rotatable bonds is 7. The van der Waals surface area contributed by atoms with Crippen LogP contribution in [0.4, 0.5) is 4.39 Å². The fraction of sp³-hybridized carbons (Fsp3) is 0.364. The minimum absolute atomic E-state index is 0.121. The van der Waals surface area contributed by atoms with Crippen LogP contribution in [0.25, 0.3) is 5.69 Å². The molecule has 170 valence electrons. The molecule has 1 aromatic heterocycles. The third kappa shape index (κ3) is 5.14. The minimum atomic E-state index is -4.01. The van der Waals surface area contributed by atoms with Crippen molar-refractivity contribution in [3.05, 3.63) is 71.8 Å². The second kappa shape index (κ2) is 9.35. The summed E-state index contributed by atoms with van der Waals surface area (Å²) < 4.78 is 44.9. The Morgan fingerprint density at radius 1 is 1.28 bits per heavy atom. The summed E-state index contributed by atoms with van der Waals surface area (Å²) >= 11 is 0. The van der Waals surface area contributed by atoms with E-state index < -0.39 is 15.8 Å². The summed E-state index contributed by atoms with van der Waals surface area (Å²) in [6.07, 6.45) is 12.5. The largest absolute Gasteiger partial charge is 0.497 e. The Morgan fingerprint density at radius 2 is 2.12 bits per heavy atom. The Kier molecular flexibility index (Phi) is 6.54. The van der Waals surface area contributed by atoms with E-state index in [1.165, 1.54) is 16.8 Å². The molecule has 0 bridgehead atoms. The first-order valence-corrected chi connectivity index (χ1v) is 12.0. The topological polar surface area (TPSA) is 103 Å². The highest BCUT2D eigenvalue weighted by atomic mass is 32.2. The van der Waals surface area contributed by atoms with Gasteiger partial charge in [0.1, 0.15) is 23.1 Å². The van der Waals surface area contributed by atoms with E-state index in [4.69, 9.17) is 14.9 Å². The highest BCUT2D eigenvalue weighted by Gasteiger charge is 2.22. The monoisotopic (exact) mass is 459 g/mol. The van der Waals surface area contributed by atoms with E-state index in [2.05, 4.69) is 22.2 Å². The molecular formula is C22H26FN5O3S. The number of aromatic nitrogens is 3. The number of hydrogen-bond donors (Lipinski definition) is 1. The molecule has 4 rings (SSSR count). The van der Waals surface area contributed by atoms with Crippen LogP contribution in [-0.4, -0.2) is 48.3 Å². The molecule has 0 spiro atoms. The molecule has 0 saturated heterocycles. The number of benzene rings is 1. The first kappa shape index (κ1) is 22.4. The van der Waals surface area contributed by atoms with Crippen molar-refractivity contribution in [3.8, 4) is 5.69 Å². The van der Waals surface area contributed by atoms with Crippen LogP contribution in [0.3, 0.4) is 0 Å². The molecule has 32 heavy (non-hydrogen) atoms. The second-order valence-corrected chi connectivity index (χ2v) is 9.45. The van der Waals surface area contributed by atoms with Gasteiger partial charge in [0.25, 0.3) is 0 Å². The van der Waals surface area contributed by atoms with Crippen molar-refractivity contribution in [2.45, 2.75) is 30.7 Å². The molecule has 1 aliphatic heterocycles. The van der Waals surface area contributed by atoms with Crippen molar-refractivity contribution >= 4 is 10.0 Å². The maximum atomic E-state index is 14.9. The van der Waals surface area contributed by atoms with Crippen molar-refractivity contribution in [2.24, 2.45) is 11.1 Å². The molecule has 1 aromatic carbocycles. The lowest BCUT2D eigenvalue weighted by Gasteiger charge is -2.21. The first-order valence-electron chi connectivity index (χ1n) is 10.4. The van der Waals surface area contributed by atoms with Crippen LogP contribution in [0.5, 0.6) is 0 Å². The van der Waals surface area contributed by atoms with Gasteiger partial charge >= 0.3 is 0 Å². The average Bonchev–Trinajstić information content (AvgIpc) is 3.15. The Bertz CT molecular complexity index is 1190. The van der Waals surface area contributed by atoms with E-state index >= 15 is 0 Å². The molecule has 2 aromatic rings. The third-order valence-corrected chi connectivity index (χ3v) is 6.41. The fourth-order valence-electron chi connectivity index (χ4n) is 3.88. The Labute approximate surface area is 186 Å². The number of methoxy groups -OCH3 is 1. The predicted molar refractivity (Wildman–Crippen MR) is 118 cm³/mol. The van der Waals surface area contributed by atoms with Gasteiger partial charge in [-0.1, -0.05) is 18.2 Å². The zero-order valence-electron chi connectivity index (χ0n) is 17.8. The van der Waals surface area contributed by atoms with Crippen LogP contribution in [0.1, 0.15) is 24.5 Å². The second-order valence-electron chi connectivity index (χ2n) is 7.88. The number of sulfonamides is 1. The Hall–Kier alpha value is -2.82. The summed E-state index contributed by atoms with van der Waals surface area (Å²) in [5, 5.41) is 9.72. The number of allylic oxidation sites excluding steroid dienone is 3. The summed E-state index contributed by atoms with van der Waals surface area (Å²) in [7, 11) is -2.39. The number of halogens is 1. The van der Waals surface area contributed by atoms with Crippen LogP contribution in [-0.2, 0) is 27.7 Å². The molecule has 8 nitrogen and oxygen atoms in total. The van der Waals surface area contributed by atoms with Gasteiger partial charge in [-0.2, -0.15) is 0 Å². The molecular weight excluding hydrogens is 433 g/mol. The SMILES string of the molecule is COC1=CC(Cc2nc(CN3CC=CCC3)nn2-c2ccc(S(N)(=O)=O)cc2F)CC=C1. The van der Waals surface area contributed by atoms with Crippen LogP contribution in [0.2, 0.25) is 0 Å². The van der Waals surface area contributed by atoms with Gasteiger partial charge in [0.15, 0.2) is 5.82 Å². The molecule has 0 saturated carbocycles. The number of nitrogens with two attached hydrogens (primary N) is 1. The van der Waals surface area contributed by atoms with Gasteiger partial charge in [0.2, 0.25) is 10.0 Å². The first-order chi connectivity index (χ1) is 15.3. The van der Waals surface area contributed by atoms with Gasteiger partial charge in [-0.05, 0) is 49.1 Å². The summed E-state index contributed by atoms with van der Waals surface area (Å²) in [6.45, 7) is 2.27. The van der Waals surface area contributed by atoms with Crippen molar-refractivity contribution in [2.75, 3.05) is 20.2 Å². The van der Waals surface area contributed by atoms with E-state index in [-0.39, 0.29) is 16.5 Å². The van der Waals surface area contributed by atoms with E-state index in [0.717, 1.165) is 37.8 Å². The Morgan fingerprint density at radius 3 is 2.81 bits per heavy atom. The summed E-state index contributed by atoms with van der Waals surface area (Å²) in [6, 6.07) is 3.57. The molecule has 2 heterocycles. The van der Waals surface area contributed by atoms with E-state index in [9.17, 15) is 12.8 Å². The number of hydrogen-bond acceptors (Lipinski definition) is 6. The molecule has 1 aliphatic carbocycles. The van der Waals surface area contributed by atoms with Crippen molar-refractivity contribution in [1.82, 2.24) is 19.7 Å². The summed E-state index contributed by atoms with van der Waals surface area (Å²) in [5.41, 5.74) is 0.131. The van der Waals surface area contributed by atoms with Gasteiger partial charge in [-0.3, -0.25) is 4.90 Å². The normalized spacial score (nSPS) is 19.2. The summed E-state index contributed by atoms with van der Waals surface area (Å²) in [4.78, 5) is 6.65. The number of nitrogens with zero attached hydrogens (tertiary/aromatic N) is 4. The molecule has 0 amide bonds. The zero-order chi connectivity index (χ0) is 22.7. The standard InChI is InChI=1S/C22H26FN5O3S/c1-31-17-7-5-6-16(12-17)13-22-25-21(15-27-10-3-2-4-11-27)26-28(22)20-9-8-18(14-19(20)23)32(24,29)30/h2-3,5,7-9,12,14,16H,4,6,10-11,13,15H2,1H3,(H2,24,29,30). The number of ether oxygens (including phenoxy) is 1. The van der Waals surface area contributed by atoms with Crippen molar-refractivity contribution < 1.29 is 17.5 Å². The van der Waals surface area contributed by atoms with Gasteiger partial charge in [0.05, 0.1) is 18.6 Å². The average molecular weight is 460 g/mol. The molecule has 0 fully saturated rings. The van der Waals surface area contributed by atoms with Crippen molar-refractivity contribution in [3.63, 3.8) is 0 Å². The van der Waals surface area contributed by atoms with Gasteiger partial charge < -0.3 is 4.74 Å². The quantitative estimate of drug-likeness (QED) is 0.638. The molecule has 10 heteroatoms. The maximum Gasteiger partial charge on any atom is 0.238 e. The van der Waals surface area contributed by atoms with E-state index in [1.54, 1.807) is 7.11 Å². The minimum Gasteiger partial charge on any atom is -0.497 e. The highest BCUT2D eigenvalue weighted by Crippen LogP contribution is 2.24. The van der Waals surface area contributed by atoms with Crippen molar-refractivity contribution in [1.29, 1.82) is 0 Å². The van der Waals surface area contributed by atoms with E-state index in [1.807, 2.05) is 18.2 Å². The third-order valence-electron chi connectivity index (χ3n) is 5.50. The molecule has 1 atom stereocenters. The molecule has 0 radical (unpaired) electrons. The van der Waals surface area contributed by atoms with Crippen LogP contribution in [0, 0.1) is 11.7 Å². The molecule has 1 unspecified atom stereocenters. The maximum absolute atomic E-state index is 14.9.